The third-order valence-electron chi connectivity index (χ3n) is 8.85. The molecule has 0 heterocycles. The van der Waals surface area contributed by atoms with Crippen molar-refractivity contribution >= 4 is 11.9 Å². The molecule has 0 aromatic rings. The van der Waals surface area contributed by atoms with E-state index in [0.29, 0.717) is 29.5 Å². The first-order chi connectivity index (χ1) is 13.9. The van der Waals surface area contributed by atoms with E-state index in [4.69, 9.17) is 4.74 Å². The zero-order valence-corrected chi connectivity index (χ0v) is 18.5. The molecule has 0 radical (unpaired) electrons. The summed E-state index contributed by atoms with van der Waals surface area (Å²) in [5.74, 6) is 3.66. The van der Waals surface area contributed by atoms with Gasteiger partial charge < -0.3 is 10.1 Å². The molecule has 1 N–H and O–H groups in total. The van der Waals surface area contributed by atoms with Crippen LogP contribution in [-0.4, -0.2) is 24.5 Å². The summed E-state index contributed by atoms with van der Waals surface area (Å²) >= 11 is 0. The first-order valence-electron chi connectivity index (χ1n) is 12.1. The molecule has 4 unspecified atom stereocenters. The van der Waals surface area contributed by atoms with Crippen molar-refractivity contribution in [3.63, 3.8) is 0 Å². The number of unbranched alkanes of at least 4 members (excludes halogenated alkanes) is 2. The van der Waals surface area contributed by atoms with Crippen LogP contribution >= 0.6 is 0 Å². The topological polar surface area (TPSA) is 55.4 Å². The van der Waals surface area contributed by atoms with Gasteiger partial charge in [0.15, 0.2) is 5.78 Å². The van der Waals surface area contributed by atoms with Crippen LogP contribution in [0.4, 0.5) is 4.79 Å². The quantitative estimate of drug-likeness (QED) is 0.605. The van der Waals surface area contributed by atoms with E-state index in [1.165, 1.54) is 18.4 Å². The van der Waals surface area contributed by atoms with Crippen LogP contribution in [0.5, 0.6) is 0 Å². The summed E-state index contributed by atoms with van der Waals surface area (Å²) in [4.78, 5) is 24.3. The van der Waals surface area contributed by atoms with Gasteiger partial charge in [-0.1, -0.05) is 39.2 Å². The fourth-order valence-corrected chi connectivity index (χ4v) is 7.47. The fourth-order valence-electron chi connectivity index (χ4n) is 7.47. The number of hydrogen-bond acceptors (Lipinski definition) is 3. The molecule has 0 aromatic carbocycles. The van der Waals surface area contributed by atoms with E-state index in [2.05, 4.69) is 26.1 Å². The van der Waals surface area contributed by atoms with Gasteiger partial charge in [-0.15, -0.1) is 0 Å². The fraction of sp³-hybridized carbons (Fsp3) is 0.840. The number of carbonyl (C=O) groups excluding carboxylic acids is 2. The van der Waals surface area contributed by atoms with Crippen LogP contribution in [0.2, 0.25) is 0 Å². The van der Waals surface area contributed by atoms with Crippen molar-refractivity contribution in [3.05, 3.63) is 11.6 Å². The summed E-state index contributed by atoms with van der Waals surface area (Å²) in [6, 6.07) is 0. The molecule has 0 saturated heterocycles. The zero-order valence-electron chi connectivity index (χ0n) is 18.5. The molecule has 4 aliphatic carbocycles. The van der Waals surface area contributed by atoms with Gasteiger partial charge in [0, 0.05) is 18.4 Å². The molecular formula is C25H39NO3. The van der Waals surface area contributed by atoms with Gasteiger partial charge in [-0.05, 0) is 80.6 Å². The lowest BCUT2D eigenvalue weighted by Crippen LogP contribution is -2.51. The van der Waals surface area contributed by atoms with Crippen LogP contribution in [0.25, 0.3) is 0 Å². The lowest BCUT2D eigenvalue weighted by Gasteiger charge is -2.55. The molecule has 0 aromatic heterocycles. The lowest BCUT2D eigenvalue weighted by atomic mass is 9.49. The Labute approximate surface area is 176 Å². The molecular weight excluding hydrogens is 362 g/mol. The monoisotopic (exact) mass is 401 g/mol. The van der Waals surface area contributed by atoms with Crippen molar-refractivity contribution in [2.45, 2.75) is 91.1 Å². The van der Waals surface area contributed by atoms with E-state index in [9.17, 15) is 9.59 Å². The number of carbonyl (C=O) groups is 2. The van der Waals surface area contributed by atoms with Gasteiger partial charge in [0.2, 0.25) is 0 Å². The smallest absolute Gasteiger partial charge is 0.407 e. The molecule has 0 spiro atoms. The number of rotatable bonds is 5. The van der Waals surface area contributed by atoms with Crippen molar-refractivity contribution in [2.75, 3.05) is 6.54 Å². The lowest BCUT2D eigenvalue weighted by molar-refractivity contribution is -0.116. The number of alkyl carbamates (subject to hydrolysis) is 1. The first-order valence-corrected chi connectivity index (χ1v) is 12.1. The predicted octanol–water partition coefficient (Wildman–Crippen LogP) is 5.66. The second-order valence-electron chi connectivity index (χ2n) is 10.5. The average Bonchev–Trinajstić information content (AvgIpc) is 3.01. The number of amides is 1. The summed E-state index contributed by atoms with van der Waals surface area (Å²) in [6.07, 6.45) is 12.6. The molecule has 4 rings (SSSR count). The van der Waals surface area contributed by atoms with Gasteiger partial charge in [-0.3, -0.25) is 4.79 Å². The van der Waals surface area contributed by atoms with Crippen LogP contribution < -0.4 is 5.32 Å². The van der Waals surface area contributed by atoms with Crippen molar-refractivity contribution in [2.24, 2.45) is 35.0 Å². The predicted molar refractivity (Wildman–Crippen MR) is 114 cm³/mol. The van der Waals surface area contributed by atoms with Crippen molar-refractivity contribution in [1.82, 2.24) is 5.32 Å². The summed E-state index contributed by atoms with van der Waals surface area (Å²) in [7, 11) is 0. The largest absolute Gasteiger partial charge is 0.446 e. The summed E-state index contributed by atoms with van der Waals surface area (Å²) in [6.45, 7) is 7.67. The Hall–Kier alpha value is -1.32. The Kier molecular flexibility index (Phi) is 6.09. The van der Waals surface area contributed by atoms with E-state index < -0.39 is 0 Å². The number of fused-ring (bicyclic) bond motifs is 5. The Morgan fingerprint density at radius 3 is 2.86 bits per heavy atom. The maximum atomic E-state index is 12.4. The SMILES string of the molecule is CCCCCNC(=O)O[C@H]1CCC2C3C(CC[C@@]21C)C1CCC(=O)C=C1C[C@H]3C. The minimum atomic E-state index is -0.220. The third-order valence-corrected chi connectivity index (χ3v) is 8.85. The molecule has 162 valence electrons. The minimum absolute atomic E-state index is 0.0525. The maximum Gasteiger partial charge on any atom is 0.407 e. The van der Waals surface area contributed by atoms with Crippen molar-refractivity contribution < 1.29 is 14.3 Å². The van der Waals surface area contributed by atoms with Crippen LogP contribution in [0.15, 0.2) is 11.6 Å². The van der Waals surface area contributed by atoms with E-state index >= 15 is 0 Å². The van der Waals surface area contributed by atoms with Gasteiger partial charge in [0.05, 0.1) is 0 Å². The van der Waals surface area contributed by atoms with Gasteiger partial charge >= 0.3 is 6.09 Å². The highest BCUT2D eigenvalue weighted by Gasteiger charge is 2.59. The molecule has 0 aliphatic heterocycles. The Morgan fingerprint density at radius 1 is 1.24 bits per heavy atom. The molecule has 29 heavy (non-hydrogen) atoms. The number of allylic oxidation sites excluding steroid dienone is 1. The molecule has 1 amide bonds. The van der Waals surface area contributed by atoms with Gasteiger partial charge in [-0.25, -0.2) is 4.79 Å². The minimum Gasteiger partial charge on any atom is -0.446 e. The van der Waals surface area contributed by atoms with Gasteiger partial charge in [0.25, 0.3) is 0 Å². The van der Waals surface area contributed by atoms with E-state index in [0.717, 1.165) is 63.8 Å². The second-order valence-corrected chi connectivity index (χ2v) is 10.5. The summed E-state index contributed by atoms with van der Waals surface area (Å²) in [5, 5.41) is 2.96. The van der Waals surface area contributed by atoms with Crippen molar-refractivity contribution in [1.29, 1.82) is 0 Å². The number of nitrogens with one attached hydrogen (secondary N) is 1. The Morgan fingerprint density at radius 2 is 2.07 bits per heavy atom. The first kappa shape index (κ1) is 20.9. The summed E-state index contributed by atoms with van der Waals surface area (Å²) in [5.41, 5.74) is 1.55. The number of hydrogen-bond donors (Lipinski definition) is 1. The van der Waals surface area contributed by atoms with Crippen LogP contribution in [0.3, 0.4) is 0 Å². The van der Waals surface area contributed by atoms with Crippen LogP contribution in [0.1, 0.15) is 85.0 Å². The Bertz CT molecular complexity index is 671. The number of ketones is 1. The van der Waals surface area contributed by atoms with E-state index in [1.54, 1.807) is 0 Å². The molecule has 3 saturated carbocycles. The number of ether oxygens (including phenoxy) is 1. The van der Waals surface area contributed by atoms with Crippen molar-refractivity contribution in [3.8, 4) is 0 Å². The van der Waals surface area contributed by atoms with Crippen LogP contribution in [0, 0.1) is 35.0 Å². The Balaban J connectivity index is 1.43. The molecule has 4 nitrogen and oxygen atoms in total. The van der Waals surface area contributed by atoms with E-state index in [-0.39, 0.29) is 17.6 Å². The van der Waals surface area contributed by atoms with Gasteiger partial charge in [-0.2, -0.15) is 0 Å². The second kappa shape index (κ2) is 8.43. The molecule has 0 bridgehead atoms. The average molecular weight is 402 g/mol. The third kappa shape index (κ3) is 3.88. The highest BCUT2D eigenvalue weighted by Crippen LogP contribution is 2.63. The molecule has 4 aliphatic rings. The summed E-state index contributed by atoms with van der Waals surface area (Å²) < 4.78 is 5.99. The molecule has 7 atom stereocenters. The zero-order chi connectivity index (χ0) is 20.6. The van der Waals surface area contributed by atoms with Gasteiger partial charge in [0.1, 0.15) is 6.10 Å². The maximum absolute atomic E-state index is 12.4. The molecule has 3 fully saturated rings. The highest BCUT2D eigenvalue weighted by atomic mass is 16.6. The normalized spacial score (nSPS) is 41.1. The van der Waals surface area contributed by atoms with E-state index in [1.807, 2.05) is 6.08 Å². The van der Waals surface area contributed by atoms with Crippen LogP contribution in [-0.2, 0) is 9.53 Å². The molecule has 4 heteroatoms. The highest BCUT2D eigenvalue weighted by molar-refractivity contribution is 5.91. The standard InChI is InChI=1S/C25H39NO3/c1-4-5-6-13-26-24(28)29-22-10-9-21-23-16(2)14-17-15-18(27)7-8-19(17)20(23)11-12-25(21,22)3/h15-16,19-23H,4-14H2,1-3H3,(H,26,28)/t16-,19?,20?,21?,22+,23?,25+/m1/s1.